The number of nitro benzene ring substituents is 1. The van der Waals surface area contributed by atoms with E-state index in [0.29, 0.717) is 0 Å². The van der Waals surface area contributed by atoms with Gasteiger partial charge in [-0.25, -0.2) is 0 Å². The van der Waals surface area contributed by atoms with E-state index in [0.717, 1.165) is 24.3 Å². The smallest absolute Gasteiger partial charge is 0.285 e. The molecule has 0 bridgehead atoms. The van der Waals surface area contributed by atoms with Crippen LogP contribution in [0.5, 0.6) is 0 Å². The predicted octanol–water partition coefficient (Wildman–Crippen LogP) is -0.331. The molecule has 0 atom stereocenters. The summed E-state index contributed by atoms with van der Waals surface area (Å²) in [5.41, 5.74) is 4.87. The summed E-state index contributed by atoms with van der Waals surface area (Å²) in [4.78, 5) is 9.46. The first kappa shape index (κ1) is 13.4. The number of nitrogens with two attached hydrogens (primary N) is 1. The van der Waals surface area contributed by atoms with Crippen LogP contribution in [0, 0.1) is 21.6 Å². The molecule has 9 nitrogen and oxygen atoms in total. The van der Waals surface area contributed by atoms with Crippen molar-refractivity contribution in [3.8, 4) is 6.19 Å². The van der Waals surface area contributed by atoms with Gasteiger partial charge in [-0.15, -0.1) is 4.40 Å². The van der Waals surface area contributed by atoms with Crippen LogP contribution < -0.4 is 11.1 Å². The molecule has 0 aliphatic heterocycles. The number of non-ortho nitro benzene ring substituents is 1. The number of nitrogens with one attached hydrogen (secondary N) is 1. The second-order valence-electron chi connectivity index (χ2n) is 2.94. The van der Waals surface area contributed by atoms with Crippen molar-refractivity contribution in [3.05, 3.63) is 34.4 Å². The van der Waals surface area contributed by atoms with Crippen molar-refractivity contribution in [2.45, 2.75) is 4.90 Å². The van der Waals surface area contributed by atoms with Crippen LogP contribution in [0.3, 0.4) is 0 Å². The maximum atomic E-state index is 11.6. The highest BCUT2D eigenvalue weighted by molar-refractivity contribution is 7.90. The Balaban J connectivity index is 3.11. The predicted molar refractivity (Wildman–Crippen MR) is 60.7 cm³/mol. The van der Waals surface area contributed by atoms with Crippen LogP contribution in [0.4, 0.5) is 5.69 Å². The molecule has 1 aromatic rings. The van der Waals surface area contributed by atoms with E-state index in [4.69, 9.17) is 11.0 Å². The van der Waals surface area contributed by atoms with Crippen molar-refractivity contribution >= 4 is 21.7 Å². The van der Waals surface area contributed by atoms with Crippen molar-refractivity contribution in [1.82, 2.24) is 5.32 Å². The summed E-state index contributed by atoms with van der Waals surface area (Å²) in [5, 5.41) is 20.4. The van der Waals surface area contributed by atoms with Gasteiger partial charge in [-0.1, -0.05) is 0 Å². The lowest BCUT2D eigenvalue weighted by atomic mass is 10.3. The molecule has 10 heteroatoms. The molecule has 0 radical (unpaired) electrons. The van der Waals surface area contributed by atoms with E-state index in [2.05, 4.69) is 4.40 Å². The summed E-state index contributed by atoms with van der Waals surface area (Å²) in [6.45, 7) is 0. The third kappa shape index (κ3) is 3.16. The van der Waals surface area contributed by atoms with Gasteiger partial charge >= 0.3 is 0 Å². The molecule has 0 amide bonds. The van der Waals surface area contributed by atoms with Gasteiger partial charge < -0.3 is 5.73 Å². The first-order valence-corrected chi connectivity index (χ1v) is 5.81. The molecule has 0 unspecified atom stereocenters. The van der Waals surface area contributed by atoms with Gasteiger partial charge in [-0.3, -0.25) is 15.4 Å². The number of nitrogens with zero attached hydrogens (tertiary/aromatic N) is 3. The van der Waals surface area contributed by atoms with Gasteiger partial charge in [-0.05, 0) is 12.1 Å². The van der Waals surface area contributed by atoms with E-state index in [9.17, 15) is 18.5 Å². The number of hydrogen-bond donors (Lipinski definition) is 2. The Morgan fingerprint density at radius 3 is 2.44 bits per heavy atom. The van der Waals surface area contributed by atoms with Crippen LogP contribution in [0.1, 0.15) is 0 Å². The number of hydrogen-bond acceptors (Lipinski definition) is 5. The molecule has 1 aromatic carbocycles. The normalized spacial score (nSPS) is 11.6. The van der Waals surface area contributed by atoms with E-state index in [-0.39, 0.29) is 10.6 Å². The van der Waals surface area contributed by atoms with Crippen molar-refractivity contribution in [2.75, 3.05) is 0 Å². The maximum Gasteiger partial charge on any atom is 0.285 e. The fourth-order valence-electron chi connectivity index (χ4n) is 1.00. The van der Waals surface area contributed by atoms with Crippen molar-refractivity contribution < 1.29 is 13.3 Å². The van der Waals surface area contributed by atoms with Gasteiger partial charge in [0.1, 0.15) is 0 Å². The Morgan fingerprint density at radius 1 is 1.44 bits per heavy atom. The Hall–Kier alpha value is -2.67. The van der Waals surface area contributed by atoms with E-state index < -0.39 is 20.9 Å². The van der Waals surface area contributed by atoms with Crippen molar-refractivity contribution in [1.29, 1.82) is 5.26 Å². The zero-order valence-electron chi connectivity index (χ0n) is 8.77. The minimum Gasteiger partial charge on any atom is -0.368 e. The number of sulfonamides is 1. The maximum absolute atomic E-state index is 11.6. The van der Waals surface area contributed by atoms with E-state index in [1.807, 2.05) is 5.32 Å². The first-order valence-electron chi connectivity index (χ1n) is 4.37. The molecule has 0 fully saturated rings. The number of nitriles is 1. The van der Waals surface area contributed by atoms with Gasteiger partial charge in [0, 0.05) is 12.1 Å². The zero-order chi connectivity index (χ0) is 13.8. The lowest BCUT2D eigenvalue weighted by molar-refractivity contribution is -0.384. The molecule has 0 saturated carbocycles. The second kappa shape index (κ2) is 5.11. The number of rotatable bonds is 3. The quantitative estimate of drug-likeness (QED) is 0.190. The molecule has 0 aliphatic carbocycles. The summed E-state index contributed by atoms with van der Waals surface area (Å²) in [6, 6.07) is 4.10. The summed E-state index contributed by atoms with van der Waals surface area (Å²) in [7, 11) is -4.10. The summed E-state index contributed by atoms with van der Waals surface area (Å²) in [5.74, 6) is -0.587. The molecular weight excluding hydrogens is 262 g/mol. The van der Waals surface area contributed by atoms with E-state index in [1.165, 1.54) is 6.19 Å². The van der Waals surface area contributed by atoms with Crippen LogP contribution >= 0.6 is 0 Å². The fraction of sp³-hybridized carbons (Fsp3) is 0. The lowest BCUT2D eigenvalue weighted by Crippen LogP contribution is -2.28. The van der Waals surface area contributed by atoms with Crippen LogP contribution in [0.2, 0.25) is 0 Å². The fourth-order valence-corrected chi connectivity index (χ4v) is 1.89. The molecule has 0 spiro atoms. The minimum atomic E-state index is -4.10. The van der Waals surface area contributed by atoms with E-state index >= 15 is 0 Å². The van der Waals surface area contributed by atoms with Crippen molar-refractivity contribution in [3.63, 3.8) is 0 Å². The Kier molecular flexibility index (Phi) is 3.80. The highest BCUT2D eigenvalue weighted by Gasteiger charge is 2.15. The topological polar surface area (TPSA) is 151 Å². The highest BCUT2D eigenvalue weighted by Crippen LogP contribution is 2.17. The van der Waals surface area contributed by atoms with Crippen molar-refractivity contribution in [2.24, 2.45) is 10.1 Å². The molecule has 94 valence electrons. The second-order valence-corrected chi connectivity index (χ2v) is 4.54. The third-order valence-electron chi connectivity index (χ3n) is 1.75. The van der Waals surface area contributed by atoms with E-state index in [1.54, 1.807) is 0 Å². The Labute approximate surface area is 102 Å². The van der Waals surface area contributed by atoms with Crippen LogP contribution in [-0.4, -0.2) is 19.3 Å². The molecular formula is C8H7N5O4S. The van der Waals surface area contributed by atoms with Gasteiger partial charge in [0.2, 0.25) is 5.96 Å². The molecule has 0 aromatic heterocycles. The molecule has 18 heavy (non-hydrogen) atoms. The molecule has 0 saturated heterocycles. The average molecular weight is 269 g/mol. The Morgan fingerprint density at radius 2 is 2.00 bits per heavy atom. The van der Waals surface area contributed by atoms with Gasteiger partial charge in [0.15, 0.2) is 6.19 Å². The molecule has 1 rings (SSSR count). The van der Waals surface area contributed by atoms with Gasteiger partial charge in [0.05, 0.1) is 9.82 Å². The SMILES string of the molecule is N#CNC(N)=NS(=O)(=O)c1ccc([N+](=O)[O-])cc1. The van der Waals surface area contributed by atoms with Crippen LogP contribution in [0.15, 0.2) is 33.6 Å². The first-order chi connectivity index (χ1) is 8.36. The van der Waals surface area contributed by atoms with Gasteiger partial charge in [-0.2, -0.15) is 13.7 Å². The molecule has 3 N–H and O–H groups in total. The number of guanidine groups is 1. The van der Waals surface area contributed by atoms with Crippen LogP contribution in [-0.2, 0) is 10.0 Å². The zero-order valence-corrected chi connectivity index (χ0v) is 9.59. The summed E-state index contributed by atoms with van der Waals surface area (Å²) >= 11 is 0. The number of nitro groups is 1. The third-order valence-corrected chi connectivity index (χ3v) is 3.05. The van der Waals surface area contributed by atoms with Crippen LogP contribution in [0.25, 0.3) is 0 Å². The number of benzene rings is 1. The molecule has 0 aliphatic rings. The highest BCUT2D eigenvalue weighted by atomic mass is 32.2. The minimum absolute atomic E-state index is 0.249. The standard InChI is InChI=1S/C8H7N5O4S/c9-5-11-8(10)12-18(16,17)7-3-1-6(2-4-7)13(14)15/h1-4H,(H3,10,11,12). The summed E-state index contributed by atoms with van der Waals surface area (Å²) < 4.78 is 26.3. The summed E-state index contributed by atoms with van der Waals surface area (Å²) in [6.07, 6.45) is 1.41. The largest absolute Gasteiger partial charge is 0.368 e. The Bertz CT molecular complexity index is 628. The van der Waals surface area contributed by atoms with Gasteiger partial charge in [0.25, 0.3) is 15.7 Å². The lowest BCUT2D eigenvalue weighted by Gasteiger charge is -1.99. The molecule has 0 heterocycles. The monoisotopic (exact) mass is 269 g/mol. The average Bonchev–Trinajstić information content (AvgIpc) is 2.28.